The molecule has 0 spiro atoms. The van der Waals surface area contributed by atoms with Crippen LogP contribution in [0, 0.1) is 0 Å². The first kappa shape index (κ1) is 15.4. The Kier molecular flexibility index (Phi) is 5.13. The van der Waals surface area contributed by atoms with E-state index in [9.17, 15) is 4.79 Å². The lowest BCUT2D eigenvalue weighted by molar-refractivity contribution is 0.411. The fraction of sp³-hybridized carbons (Fsp3) is 0.733. The van der Waals surface area contributed by atoms with Crippen LogP contribution in [0.15, 0.2) is 17.2 Å². The Hall–Kier alpha value is -0.970. The Morgan fingerprint density at radius 3 is 2.70 bits per heavy atom. The molecule has 2 rings (SSSR count). The second kappa shape index (κ2) is 6.66. The predicted molar refractivity (Wildman–Crippen MR) is 86.7 cm³/mol. The average Bonchev–Trinajstić information content (AvgIpc) is 2.47. The van der Waals surface area contributed by atoms with Crippen LogP contribution in [0.2, 0.25) is 0 Å². The molecule has 0 unspecified atom stereocenters. The molecular weight excluding hydrogens is 270 g/mol. The summed E-state index contributed by atoms with van der Waals surface area (Å²) in [5, 5.41) is 3.30. The number of thioether (sulfide) groups is 1. The van der Waals surface area contributed by atoms with Crippen LogP contribution >= 0.6 is 11.8 Å². The van der Waals surface area contributed by atoms with Gasteiger partial charge in [0.2, 0.25) is 0 Å². The molecule has 0 saturated heterocycles. The summed E-state index contributed by atoms with van der Waals surface area (Å²) < 4.78 is 1.99. The van der Waals surface area contributed by atoms with Crippen molar-refractivity contribution in [3.63, 3.8) is 0 Å². The lowest BCUT2D eigenvalue weighted by Crippen LogP contribution is -2.37. The lowest BCUT2D eigenvalue weighted by Gasteiger charge is -2.35. The number of hydrogen-bond acceptors (Lipinski definition) is 4. The molecule has 0 bridgehead atoms. The van der Waals surface area contributed by atoms with Crippen molar-refractivity contribution in [3.05, 3.63) is 22.7 Å². The van der Waals surface area contributed by atoms with Crippen molar-refractivity contribution in [1.29, 1.82) is 0 Å². The van der Waals surface area contributed by atoms with Crippen molar-refractivity contribution in [1.82, 2.24) is 9.55 Å². The van der Waals surface area contributed by atoms with E-state index in [1.54, 1.807) is 17.0 Å². The minimum atomic E-state index is -0.0189. The summed E-state index contributed by atoms with van der Waals surface area (Å²) in [5.74, 6) is 0.486. The first-order valence-corrected chi connectivity index (χ1v) is 8.67. The monoisotopic (exact) mass is 295 g/mol. The maximum atomic E-state index is 12.3. The minimum absolute atomic E-state index is 0.0189. The quantitative estimate of drug-likeness (QED) is 0.905. The number of nitrogens with zero attached hydrogens (tertiary/aromatic N) is 2. The van der Waals surface area contributed by atoms with Gasteiger partial charge in [-0.2, -0.15) is 11.8 Å². The minimum Gasteiger partial charge on any atom is -0.364 e. The molecule has 1 aliphatic rings. The van der Waals surface area contributed by atoms with Gasteiger partial charge in [-0.25, -0.2) is 4.98 Å². The van der Waals surface area contributed by atoms with E-state index in [1.807, 2.05) is 25.6 Å². The molecule has 0 atom stereocenters. The molecule has 5 heteroatoms. The summed E-state index contributed by atoms with van der Waals surface area (Å²) in [6, 6.07) is 0.162. The van der Waals surface area contributed by atoms with E-state index >= 15 is 0 Å². The van der Waals surface area contributed by atoms with Crippen LogP contribution in [0.4, 0.5) is 5.82 Å². The molecule has 1 fully saturated rings. The van der Waals surface area contributed by atoms with Gasteiger partial charge >= 0.3 is 0 Å². The normalized spacial score (nSPS) is 18.2. The molecule has 4 nitrogen and oxygen atoms in total. The molecule has 0 radical (unpaired) electrons. The van der Waals surface area contributed by atoms with E-state index in [4.69, 9.17) is 0 Å². The van der Waals surface area contributed by atoms with Gasteiger partial charge in [0.1, 0.15) is 0 Å². The van der Waals surface area contributed by atoms with Crippen LogP contribution < -0.4 is 10.9 Å². The summed E-state index contributed by atoms with van der Waals surface area (Å²) in [7, 11) is 0. The average molecular weight is 295 g/mol. The third-order valence-electron chi connectivity index (χ3n) is 4.20. The van der Waals surface area contributed by atoms with Crippen molar-refractivity contribution in [2.75, 3.05) is 18.1 Å². The maximum absolute atomic E-state index is 12.3. The van der Waals surface area contributed by atoms with Gasteiger partial charge in [-0.3, -0.25) is 4.79 Å². The SMILES string of the molecule is CSC1(CNc2nccn(C(C)C)c2=O)CCCCC1. The molecule has 0 aliphatic heterocycles. The summed E-state index contributed by atoms with van der Waals surface area (Å²) in [4.78, 5) is 16.5. The van der Waals surface area contributed by atoms with Crippen LogP contribution in [0.3, 0.4) is 0 Å². The molecular formula is C15H25N3OS. The van der Waals surface area contributed by atoms with Gasteiger partial charge in [0.25, 0.3) is 5.56 Å². The van der Waals surface area contributed by atoms with E-state index in [-0.39, 0.29) is 16.3 Å². The Bertz CT molecular complexity index is 492. The third kappa shape index (κ3) is 3.37. The fourth-order valence-corrected chi connectivity index (χ4v) is 3.76. The van der Waals surface area contributed by atoms with Crippen molar-refractivity contribution < 1.29 is 0 Å². The second-order valence-electron chi connectivity index (χ2n) is 5.88. The molecule has 1 N–H and O–H groups in total. The topological polar surface area (TPSA) is 46.9 Å². The highest BCUT2D eigenvalue weighted by Gasteiger charge is 2.31. The molecule has 112 valence electrons. The van der Waals surface area contributed by atoms with Gasteiger partial charge in [0, 0.05) is 29.7 Å². The summed E-state index contributed by atoms with van der Waals surface area (Å²) >= 11 is 1.93. The summed E-state index contributed by atoms with van der Waals surface area (Å²) in [6.45, 7) is 4.85. The molecule has 1 aromatic heterocycles. The van der Waals surface area contributed by atoms with Gasteiger partial charge < -0.3 is 9.88 Å². The van der Waals surface area contributed by atoms with Crippen molar-refractivity contribution in [2.45, 2.75) is 56.7 Å². The molecule has 1 heterocycles. The second-order valence-corrected chi connectivity index (χ2v) is 7.16. The summed E-state index contributed by atoms with van der Waals surface area (Å²) in [5.41, 5.74) is -0.0189. The number of aromatic nitrogens is 2. The number of nitrogens with one attached hydrogen (secondary N) is 1. The Morgan fingerprint density at radius 2 is 2.10 bits per heavy atom. The largest absolute Gasteiger partial charge is 0.364 e. The van der Waals surface area contributed by atoms with Crippen LogP contribution in [0.25, 0.3) is 0 Å². The smallest absolute Gasteiger partial charge is 0.293 e. The Morgan fingerprint density at radius 1 is 1.40 bits per heavy atom. The third-order valence-corrected chi connectivity index (χ3v) is 5.62. The van der Waals surface area contributed by atoms with E-state index < -0.39 is 0 Å². The van der Waals surface area contributed by atoms with Crippen molar-refractivity contribution in [2.24, 2.45) is 0 Å². The van der Waals surface area contributed by atoms with Gasteiger partial charge in [0.15, 0.2) is 5.82 Å². The Balaban J connectivity index is 2.10. The highest BCUT2D eigenvalue weighted by molar-refractivity contribution is 8.00. The maximum Gasteiger partial charge on any atom is 0.293 e. The first-order valence-electron chi connectivity index (χ1n) is 7.44. The molecule has 0 amide bonds. The zero-order valence-electron chi connectivity index (χ0n) is 12.7. The van der Waals surface area contributed by atoms with Gasteiger partial charge in [-0.15, -0.1) is 0 Å². The van der Waals surface area contributed by atoms with E-state index in [0.717, 1.165) is 6.54 Å². The van der Waals surface area contributed by atoms with Crippen LogP contribution in [0.5, 0.6) is 0 Å². The number of rotatable bonds is 5. The zero-order valence-corrected chi connectivity index (χ0v) is 13.5. The molecule has 20 heavy (non-hydrogen) atoms. The van der Waals surface area contributed by atoms with E-state index in [1.165, 1.54) is 32.1 Å². The predicted octanol–water partition coefficient (Wildman–Crippen LogP) is 3.30. The van der Waals surface area contributed by atoms with Crippen molar-refractivity contribution >= 4 is 17.6 Å². The van der Waals surface area contributed by atoms with Crippen molar-refractivity contribution in [3.8, 4) is 0 Å². The molecule has 0 aromatic carbocycles. The highest BCUT2D eigenvalue weighted by Crippen LogP contribution is 2.38. The summed E-state index contributed by atoms with van der Waals surface area (Å²) in [6.07, 6.45) is 12.0. The van der Waals surface area contributed by atoms with E-state index in [0.29, 0.717) is 5.82 Å². The number of hydrogen-bond donors (Lipinski definition) is 1. The van der Waals surface area contributed by atoms with Crippen LogP contribution in [0.1, 0.15) is 52.0 Å². The highest BCUT2D eigenvalue weighted by atomic mass is 32.2. The first-order chi connectivity index (χ1) is 9.58. The standard InChI is InChI=1S/C15H25N3OS/c1-12(2)18-10-9-16-13(14(18)19)17-11-15(20-3)7-5-4-6-8-15/h9-10,12H,4-8,11H2,1-3H3,(H,16,17). The van der Waals surface area contributed by atoms with Gasteiger partial charge in [0.05, 0.1) is 0 Å². The van der Waals surface area contributed by atoms with Crippen LogP contribution in [-0.4, -0.2) is 27.1 Å². The zero-order chi connectivity index (χ0) is 14.6. The fourth-order valence-electron chi connectivity index (χ4n) is 2.85. The van der Waals surface area contributed by atoms with E-state index in [2.05, 4.69) is 16.6 Å². The van der Waals surface area contributed by atoms with Crippen LogP contribution in [-0.2, 0) is 0 Å². The molecule has 1 aliphatic carbocycles. The Labute approximate surface area is 125 Å². The number of anilines is 1. The molecule has 1 saturated carbocycles. The van der Waals surface area contributed by atoms with Gasteiger partial charge in [-0.1, -0.05) is 19.3 Å². The molecule has 1 aromatic rings. The van der Waals surface area contributed by atoms with Gasteiger partial charge in [-0.05, 0) is 32.9 Å². The lowest BCUT2D eigenvalue weighted by atomic mass is 9.88.